The summed E-state index contributed by atoms with van der Waals surface area (Å²) in [6.45, 7) is 2.36. The number of anilines is 1. The molecule has 0 saturated heterocycles. The van der Waals surface area contributed by atoms with E-state index < -0.39 is 23.7 Å². The molecular formula is C21H21F2N3O3. The molecule has 8 heteroatoms. The highest BCUT2D eigenvalue weighted by atomic mass is 19.1. The van der Waals surface area contributed by atoms with Crippen molar-refractivity contribution >= 4 is 11.8 Å². The van der Waals surface area contributed by atoms with Gasteiger partial charge in [-0.2, -0.15) is 5.10 Å². The van der Waals surface area contributed by atoms with Crippen molar-refractivity contribution in [1.29, 1.82) is 0 Å². The van der Waals surface area contributed by atoms with Crippen LogP contribution in [0.5, 0.6) is 0 Å². The standard InChI is InChI=1S/C21H21F2N3O3/c1-2-8-29-21(28)24-18-5-3-4-14(9-18)13-26-20(27)7-6-19(25-26)15-10-16(22)12-17(23)11-15/h3-7,9-10,12,15H,2,8,11,13H2,1H3,(H,24,28). The number of aromatic nitrogens is 2. The van der Waals surface area contributed by atoms with Gasteiger partial charge in [0.05, 0.1) is 18.8 Å². The van der Waals surface area contributed by atoms with Gasteiger partial charge < -0.3 is 4.74 Å². The Hall–Kier alpha value is -3.29. The van der Waals surface area contributed by atoms with Gasteiger partial charge >= 0.3 is 6.09 Å². The van der Waals surface area contributed by atoms with Crippen LogP contribution in [0.4, 0.5) is 19.3 Å². The van der Waals surface area contributed by atoms with Gasteiger partial charge in [0.1, 0.15) is 11.7 Å². The molecule has 0 bridgehead atoms. The Labute approximate surface area is 166 Å². The van der Waals surface area contributed by atoms with Crippen LogP contribution in [0, 0.1) is 0 Å². The SMILES string of the molecule is CCCOC(=O)Nc1cccc(Cn2nc(C3C=C(F)C=C(F)C3)ccc2=O)c1. The van der Waals surface area contributed by atoms with E-state index in [1.54, 1.807) is 24.3 Å². The molecule has 1 unspecified atom stereocenters. The van der Waals surface area contributed by atoms with Crippen LogP contribution in [-0.2, 0) is 11.3 Å². The fourth-order valence-electron chi connectivity index (χ4n) is 2.95. The number of halogens is 2. The molecule has 0 spiro atoms. The third kappa shape index (κ3) is 5.60. The van der Waals surface area contributed by atoms with Crippen LogP contribution in [0.3, 0.4) is 0 Å². The summed E-state index contributed by atoms with van der Waals surface area (Å²) >= 11 is 0. The molecular weight excluding hydrogens is 380 g/mol. The van der Waals surface area contributed by atoms with E-state index in [1.165, 1.54) is 22.9 Å². The zero-order chi connectivity index (χ0) is 20.8. The van der Waals surface area contributed by atoms with Crippen molar-refractivity contribution in [2.75, 3.05) is 11.9 Å². The van der Waals surface area contributed by atoms with Crippen molar-refractivity contribution in [2.24, 2.45) is 0 Å². The Morgan fingerprint density at radius 2 is 2.14 bits per heavy atom. The number of carbonyl (C=O) groups is 1. The zero-order valence-corrected chi connectivity index (χ0v) is 15.9. The number of benzene rings is 1. The van der Waals surface area contributed by atoms with Crippen LogP contribution in [0.2, 0.25) is 0 Å². The van der Waals surface area contributed by atoms with Crippen LogP contribution >= 0.6 is 0 Å². The summed E-state index contributed by atoms with van der Waals surface area (Å²) < 4.78 is 33.3. The summed E-state index contributed by atoms with van der Waals surface area (Å²) in [6.07, 6.45) is 2.29. The topological polar surface area (TPSA) is 73.2 Å². The number of carbonyl (C=O) groups excluding carboxylic acids is 1. The van der Waals surface area contributed by atoms with Gasteiger partial charge in [-0.3, -0.25) is 10.1 Å². The lowest BCUT2D eigenvalue weighted by atomic mass is 9.96. The largest absolute Gasteiger partial charge is 0.449 e. The van der Waals surface area contributed by atoms with Crippen LogP contribution < -0.4 is 10.9 Å². The Morgan fingerprint density at radius 3 is 2.90 bits per heavy atom. The van der Waals surface area contributed by atoms with E-state index in [9.17, 15) is 18.4 Å². The molecule has 1 atom stereocenters. The number of ether oxygens (including phenoxy) is 1. The number of hydrogen-bond acceptors (Lipinski definition) is 4. The summed E-state index contributed by atoms with van der Waals surface area (Å²) in [6, 6.07) is 9.73. The maximum atomic E-state index is 13.6. The first-order valence-corrected chi connectivity index (χ1v) is 9.28. The van der Waals surface area contributed by atoms with E-state index in [2.05, 4.69) is 10.4 Å². The van der Waals surface area contributed by atoms with Gasteiger partial charge in [0.15, 0.2) is 0 Å². The van der Waals surface area contributed by atoms with Crippen molar-refractivity contribution in [3.8, 4) is 0 Å². The van der Waals surface area contributed by atoms with Crippen LogP contribution in [0.25, 0.3) is 0 Å². The molecule has 1 aromatic carbocycles. The van der Waals surface area contributed by atoms with Crippen molar-refractivity contribution in [3.05, 3.63) is 81.8 Å². The van der Waals surface area contributed by atoms with E-state index in [-0.39, 0.29) is 18.5 Å². The fraction of sp³-hybridized carbons (Fsp3) is 0.286. The predicted octanol–water partition coefficient (Wildman–Crippen LogP) is 4.44. The smallest absolute Gasteiger partial charge is 0.411 e. The van der Waals surface area contributed by atoms with Crippen molar-refractivity contribution in [1.82, 2.24) is 9.78 Å². The highest BCUT2D eigenvalue weighted by Gasteiger charge is 2.19. The molecule has 0 saturated carbocycles. The van der Waals surface area contributed by atoms with E-state index in [4.69, 9.17) is 4.74 Å². The second-order valence-electron chi connectivity index (χ2n) is 6.67. The van der Waals surface area contributed by atoms with Gasteiger partial charge in [0.25, 0.3) is 5.56 Å². The molecule has 1 N–H and O–H groups in total. The summed E-state index contributed by atoms with van der Waals surface area (Å²) in [7, 11) is 0. The molecule has 0 radical (unpaired) electrons. The Kier molecular flexibility index (Phi) is 6.54. The van der Waals surface area contributed by atoms with E-state index >= 15 is 0 Å². The summed E-state index contributed by atoms with van der Waals surface area (Å²) in [5, 5.41) is 6.90. The molecule has 0 aliphatic heterocycles. The third-order valence-corrected chi connectivity index (χ3v) is 4.28. The average molecular weight is 401 g/mol. The maximum absolute atomic E-state index is 13.6. The lowest BCUT2D eigenvalue weighted by Gasteiger charge is -2.16. The summed E-state index contributed by atoms with van der Waals surface area (Å²) in [4.78, 5) is 23.9. The first kappa shape index (κ1) is 20.4. The molecule has 29 heavy (non-hydrogen) atoms. The highest BCUT2D eigenvalue weighted by Crippen LogP contribution is 2.30. The number of hydrogen-bond donors (Lipinski definition) is 1. The van der Waals surface area contributed by atoms with Gasteiger partial charge in [-0.05, 0) is 36.3 Å². The molecule has 1 amide bonds. The van der Waals surface area contributed by atoms with Crippen LogP contribution in [0.1, 0.15) is 36.9 Å². The normalized spacial score (nSPS) is 16.0. The molecule has 0 fully saturated rings. The lowest BCUT2D eigenvalue weighted by molar-refractivity contribution is 0.161. The fourth-order valence-corrected chi connectivity index (χ4v) is 2.95. The number of amides is 1. The molecule has 2 aromatic rings. The number of rotatable bonds is 6. The van der Waals surface area contributed by atoms with Gasteiger partial charge in [-0.15, -0.1) is 0 Å². The first-order valence-electron chi connectivity index (χ1n) is 9.28. The van der Waals surface area contributed by atoms with Gasteiger partial charge in [0, 0.05) is 30.2 Å². The van der Waals surface area contributed by atoms with Gasteiger partial charge in [-0.25, -0.2) is 18.3 Å². The van der Waals surface area contributed by atoms with Crippen LogP contribution in [-0.4, -0.2) is 22.5 Å². The second-order valence-corrected chi connectivity index (χ2v) is 6.67. The quantitative estimate of drug-likeness (QED) is 0.777. The molecule has 1 aromatic heterocycles. The Bertz CT molecular complexity index is 1010. The van der Waals surface area contributed by atoms with E-state index in [1.807, 2.05) is 6.92 Å². The predicted molar refractivity (Wildman–Crippen MR) is 105 cm³/mol. The van der Waals surface area contributed by atoms with Crippen LogP contribution in [0.15, 0.2) is 65.0 Å². The summed E-state index contributed by atoms with van der Waals surface area (Å²) in [5.74, 6) is -1.80. The highest BCUT2D eigenvalue weighted by molar-refractivity contribution is 5.84. The van der Waals surface area contributed by atoms with Crippen molar-refractivity contribution in [2.45, 2.75) is 32.2 Å². The van der Waals surface area contributed by atoms with Crippen molar-refractivity contribution < 1.29 is 18.3 Å². The second kappa shape index (κ2) is 9.27. The number of nitrogens with zero attached hydrogens (tertiary/aromatic N) is 2. The Balaban J connectivity index is 1.77. The summed E-state index contributed by atoms with van der Waals surface area (Å²) in [5.41, 5.74) is 1.31. The Morgan fingerprint density at radius 1 is 1.31 bits per heavy atom. The van der Waals surface area contributed by atoms with Gasteiger partial charge in [-0.1, -0.05) is 19.1 Å². The molecule has 6 nitrogen and oxygen atoms in total. The minimum Gasteiger partial charge on any atom is -0.449 e. The minimum atomic E-state index is -0.660. The molecule has 3 rings (SSSR count). The lowest BCUT2D eigenvalue weighted by Crippen LogP contribution is -2.24. The molecule has 1 aliphatic rings. The van der Waals surface area contributed by atoms with Gasteiger partial charge in [0.2, 0.25) is 0 Å². The van der Waals surface area contributed by atoms with E-state index in [0.29, 0.717) is 18.0 Å². The average Bonchev–Trinajstić information content (AvgIpc) is 2.67. The third-order valence-electron chi connectivity index (χ3n) is 4.28. The zero-order valence-electron chi connectivity index (χ0n) is 15.9. The first-order chi connectivity index (χ1) is 13.9. The minimum absolute atomic E-state index is 0.00208. The van der Waals surface area contributed by atoms with E-state index in [0.717, 1.165) is 18.1 Å². The number of nitrogens with one attached hydrogen (secondary N) is 1. The molecule has 1 aliphatic carbocycles. The maximum Gasteiger partial charge on any atom is 0.411 e. The van der Waals surface area contributed by atoms with Crippen molar-refractivity contribution in [3.63, 3.8) is 0 Å². The number of allylic oxidation sites excluding steroid dienone is 4. The molecule has 1 heterocycles. The monoisotopic (exact) mass is 401 g/mol. The molecule has 152 valence electrons.